The molecule has 0 saturated carbocycles. The van der Waals surface area contributed by atoms with Gasteiger partial charge in [0.2, 0.25) is 5.91 Å². The molecule has 0 aliphatic carbocycles. The Hall–Kier alpha value is -1.89. The van der Waals surface area contributed by atoms with Crippen LogP contribution in [0.4, 0.5) is 0 Å². The van der Waals surface area contributed by atoms with Crippen LogP contribution in [-0.2, 0) is 4.79 Å². The number of rotatable bonds is 4. The first-order valence-corrected chi connectivity index (χ1v) is 8.00. The van der Waals surface area contributed by atoms with Gasteiger partial charge in [-0.1, -0.05) is 25.9 Å². The largest absolute Gasteiger partial charge is 0.361 e. The third-order valence-electron chi connectivity index (χ3n) is 3.90. The standard InChI is InChI=1S/C16H26N4O3/c1-12-11-13(18-23-12)14(21)20-9-7-19(8-10-20)6-5-17-15(22)16(2,3)4/h11H,5-10H2,1-4H3,(H,17,22). The van der Waals surface area contributed by atoms with Crippen molar-refractivity contribution in [1.82, 2.24) is 20.3 Å². The number of carbonyl (C=O) groups is 2. The van der Waals surface area contributed by atoms with E-state index in [0.29, 0.717) is 31.1 Å². The van der Waals surface area contributed by atoms with Crippen LogP contribution in [0.25, 0.3) is 0 Å². The smallest absolute Gasteiger partial charge is 0.276 e. The zero-order chi connectivity index (χ0) is 17.0. The fourth-order valence-electron chi connectivity index (χ4n) is 2.40. The molecule has 23 heavy (non-hydrogen) atoms. The first-order chi connectivity index (χ1) is 10.8. The molecule has 1 aromatic rings. The lowest BCUT2D eigenvalue weighted by Crippen LogP contribution is -2.50. The molecular weight excluding hydrogens is 296 g/mol. The highest BCUT2D eigenvalue weighted by atomic mass is 16.5. The monoisotopic (exact) mass is 322 g/mol. The molecule has 7 heteroatoms. The zero-order valence-corrected chi connectivity index (χ0v) is 14.4. The van der Waals surface area contributed by atoms with Gasteiger partial charge in [0.05, 0.1) is 0 Å². The second kappa shape index (κ2) is 7.12. The number of amides is 2. The van der Waals surface area contributed by atoms with Crippen molar-refractivity contribution in [3.8, 4) is 0 Å². The number of aromatic nitrogens is 1. The average molecular weight is 322 g/mol. The molecule has 7 nitrogen and oxygen atoms in total. The highest BCUT2D eigenvalue weighted by Gasteiger charge is 2.25. The minimum absolute atomic E-state index is 0.0627. The van der Waals surface area contributed by atoms with Crippen molar-refractivity contribution in [1.29, 1.82) is 0 Å². The van der Waals surface area contributed by atoms with Gasteiger partial charge in [0, 0.05) is 50.7 Å². The van der Waals surface area contributed by atoms with Gasteiger partial charge in [0.1, 0.15) is 5.76 Å². The molecule has 0 radical (unpaired) electrons. The maximum Gasteiger partial charge on any atom is 0.276 e. The number of hydrogen-bond donors (Lipinski definition) is 1. The summed E-state index contributed by atoms with van der Waals surface area (Å²) in [6.45, 7) is 11.8. The molecule has 2 heterocycles. The van der Waals surface area contributed by atoms with Gasteiger partial charge in [-0.05, 0) is 6.92 Å². The second-order valence-corrected chi connectivity index (χ2v) is 6.96. The van der Waals surface area contributed by atoms with Crippen molar-refractivity contribution >= 4 is 11.8 Å². The lowest BCUT2D eigenvalue weighted by molar-refractivity contribution is -0.128. The van der Waals surface area contributed by atoms with E-state index in [0.717, 1.165) is 19.6 Å². The maximum atomic E-state index is 12.3. The number of hydrogen-bond acceptors (Lipinski definition) is 5. The molecule has 128 valence electrons. The molecule has 0 aromatic carbocycles. The van der Waals surface area contributed by atoms with Gasteiger partial charge in [-0.3, -0.25) is 14.5 Å². The SMILES string of the molecule is Cc1cc(C(=O)N2CCN(CCNC(=O)C(C)(C)C)CC2)no1. The Labute approximate surface area is 137 Å². The van der Waals surface area contributed by atoms with Crippen molar-refractivity contribution in [3.05, 3.63) is 17.5 Å². The van der Waals surface area contributed by atoms with Gasteiger partial charge in [0.25, 0.3) is 5.91 Å². The Balaban J connectivity index is 1.72. The number of nitrogens with zero attached hydrogens (tertiary/aromatic N) is 3. The van der Waals surface area contributed by atoms with Gasteiger partial charge in [-0.15, -0.1) is 0 Å². The third kappa shape index (κ3) is 4.79. The van der Waals surface area contributed by atoms with E-state index in [2.05, 4.69) is 15.4 Å². The topological polar surface area (TPSA) is 78.7 Å². The highest BCUT2D eigenvalue weighted by Crippen LogP contribution is 2.12. The molecule has 1 aliphatic rings. The van der Waals surface area contributed by atoms with Crippen LogP contribution in [0.1, 0.15) is 37.0 Å². The van der Waals surface area contributed by atoms with E-state index >= 15 is 0 Å². The van der Waals surface area contributed by atoms with E-state index < -0.39 is 0 Å². The third-order valence-corrected chi connectivity index (χ3v) is 3.90. The summed E-state index contributed by atoms with van der Waals surface area (Å²) in [7, 11) is 0. The molecule has 0 bridgehead atoms. The molecule has 0 unspecified atom stereocenters. The van der Waals surface area contributed by atoms with E-state index in [-0.39, 0.29) is 17.2 Å². The number of carbonyl (C=O) groups excluding carboxylic acids is 2. The molecule has 1 N–H and O–H groups in total. The molecule has 2 amide bonds. The molecule has 1 saturated heterocycles. The van der Waals surface area contributed by atoms with Crippen LogP contribution in [0.5, 0.6) is 0 Å². The number of aryl methyl sites for hydroxylation is 1. The van der Waals surface area contributed by atoms with Crippen LogP contribution in [0, 0.1) is 12.3 Å². The van der Waals surface area contributed by atoms with Crippen LogP contribution in [0.15, 0.2) is 10.6 Å². The van der Waals surface area contributed by atoms with Gasteiger partial charge in [-0.25, -0.2) is 0 Å². The van der Waals surface area contributed by atoms with Crippen LogP contribution in [0.3, 0.4) is 0 Å². The van der Waals surface area contributed by atoms with Crippen LogP contribution < -0.4 is 5.32 Å². The Kier molecular flexibility index (Phi) is 5.41. The van der Waals surface area contributed by atoms with Gasteiger partial charge < -0.3 is 14.7 Å². The Morgan fingerprint density at radius 3 is 2.43 bits per heavy atom. The van der Waals surface area contributed by atoms with E-state index in [1.54, 1.807) is 17.9 Å². The Bertz CT molecular complexity index is 554. The normalized spacial score (nSPS) is 16.4. The molecule has 0 atom stereocenters. The van der Waals surface area contributed by atoms with Gasteiger partial charge in [0.15, 0.2) is 5.69 Å². The molecule has 1 fully saturated rings. The average Bonchev–Trinajstić information content (AvgIpc) is 2.93. The fourth-order valence-corrected chi connectivity index (χ4v) is 2.40. The maximum absolute atomic E-state index is 12.3. The number of piperazine rings is 1. The van der Waals surface area contributed by atoms with Crippen molar-refractivity contribution < 1.29 is 14.1 Å². The van der Waals surface area contributed by atoms with Crippen LogP contribution in [-0.4, -0.2) is 66.0 Å². The van der Waals surface area contributed by atoms with Crippen molar-refractivity contribution in [2.45, 2.75) is 27.7 Å². The summed E-state index contributed by atoms with van der Waals surface area (Å²) in [5.41, 5.74) is 0.00860. The Morgan fingerprint density at radius 1 is 1.26 bits per heavy atom. The summed E-state index contributed by atoms with van der Waals surface area (Å²) in [5.74, 6) is 0.622. The van der Waals surface area contributed by atoms with E-state index in [9.17, 15) is 9.59 Å². The van der Waals surface area contributed by atoms with Crippen molar-refractivity contribution in [3.63, 3.8) is 0 Å². The summed E-state index contributed by atoms with van der Waals surface area (Å²) in [5, 5.41) is 6.72. The van der Waals surface area contributed by atoms with Crippen molar-refractivity contribution in [2.75, 3.05) is 39.3 Å². The molecule has 0 spiro atoms. The molecule has 2 rings (SSSR count). The minimum atomic E-state index is -0.360. The highest BCUT2D eigenvalue weighted by molar-refractivity contribution is 5.92. The van der Waals surface area contributed by atoms with Crippen molar-refractivity contribution in [2.24, 2.45) is 5.41 Å². The fraction of sp³-hybridized carbons (Fsp3) is 0.688. The van der Waals surface area contributed by atoms with Crippen LogP contribution >= 0.6 is 0 Å². The summed E-state index contributed by atoms with van der Waals surface area (Å²) in [4.78, 5) is 28.1. The molecular formula is C16H26N4O3. The van der Waals surface area contributed by atoms with Gasteiger partial charge in [-0.2, -0.15) is 0 Å². The van der Waals surface area contributed by atoms with Crippen LogP contribution in [0.2, 0.25) is 0 Å². The zero-order valence-electron chi connectivity index (χ0n) is 14.4. The van der Waals surface area contributed by atoms with E-state index in [1.165, 1.54) is 0 Å². The summed E-state index contributed by atoms with van der Waals surface area (Å²) >= 11 is 0. The second-order valence-electron chi connectivity index (χ2n) is 6.96. The number of nitrogens with one attached hydrogen (secondary N) is 1. The molecule has 1 aromatic heterocycles. The van der Waals surface area contributed by atoms with E-state index in [4.69, 9.17) is 4.52 Å². The lowest BCUT2D eigenvalue weighted by Gasteiger charge is -2.34. The quantitative estimate of drug-likeness (QED) is 0.891. The summed E-state index contributed by atoms with van der Waals surface area (Å²) < 4.78 is 4.95. The Morgan fingerprint density at radius 2 is 1.91 bits per heavy atom. The lowest BCUT2D eigenvalue weighted by atomic mass is 9.96. The summed E-state index contributed by atoms with van der Waals surface area (Å²) in [6.07, 6.45) is 0. The molecule has 1 aliphatic heterocycles. The summed E-state index contributed by atoms with van der Waals surface area (Å²) in [6, 6.07) is 1.66. The van der Waals surface area contributed by atoms with Gasteiger partial charge >= 0.3 is 0 Å². The minimum Gasteiger partial charge on any atom is -0.361 e. The predicted molar refractivity (Wildman–Crippen MR) is 86.0 cm³/mol. The first-order valence-electron chi connectivity index (χ1n) is 8.00. The first kappa shape index (κ1) is 17.5. The predicted octanol–water partition coefficient (Wildman–Crippen LogP) is 0.903. The van der Waals surface area contributed by atoms with E-state index in [1.807, 2.05) is 20.8 Å².